The number of nitrogens with one attached hydrogen (secondary N) is 1. The molecule has 5 heteroatoms. The van der Waals surface area contributed by atoms with Crippen LogP contribution in [0.15, 0.2) is 30.6 Å². The van der Waals surface area contributed by atoms with E-state index in [0.717, 1.165) is 10.9 Å². The first kappa shape index (κ1) is 13.9. The maximum Gasteiger partial charge on any atom is 0.305 e. The highest BCUT2D eigenvalue weighted by Crippen LogP contribution is 2.17. The first-order chi connectivity index (χ1) is 8.77. The number of fused-ring (bicyclic) bond motifs is 1. The van der Waals surface area contributed by atoms with E-state index < -0.39 is 5.97 Å². The third kappa shape index (κ3) is 3.69. The third-order valence-electron chi connectivity index (χ3n) is 2.17. The lowest BCUT2D eigenvalue weighted by Gasteiger charge is -2.06. The largest absolute Gasteiger partial charge is 0.481 e. The van der Waals surface area contributed by atoms with Gasteiger partial charge in [-0.3, -0.25) is 4.79 Å². The third-order valence-corrected chi connectivity index (χ3v) is 2.17. The maximum atomic E-state index is 10.4. The minimum absolute atomic E-state index is 0.0678. The SMILES string of the molecule is CC.O=C(O)CCNc1ncnc2ccccc12. The molecule has 0 aliphatic rings. The van der Waals surface area contributed by atoms with E-state index in [2.05, 4.69) is 15.3 Å². The highest BCUT2D eigenvalue weighted by atomic mass is 16.4. The Balaban J connectivity index is 0.000000771. The molecule has 0 saturated heterocycles. The van der Waals surface area contributed by atoms with E-state index in [4.69, 9.17) is 5.11 Å². The zero-order valence-corrected chi connectivity index (χ0v) is 10.6. The van der Waals surface area contributed by atoms with Crippen LogP contribution in [0.2, 0.25) is 0 Å². The lowest BCUT2D eigenvalue weighted by Crippen LogP contribution is -2.09. The molecular weight excluding hydrogens is 230 g/mol. The summed E-state index contributed by atoms with van der Waals surface area (Å²) >= 11 is 0. The smallest absolute Gasteiger partial charge is 0.305 e. The number of nitrogens with zero attached hydrogens (tertiary/aromatic N) is 2. The van der Waals surface area contributed by atoms with Crippen molar-refractivity contribution in [3.8, 4) is 0 Å². The Labute approximate surface area is 106 Å². The summed E-state index contributed by atoms with van der Waals surface area (Å²) in [6.07, 6.45) is 1.53. The first-order valence-corrected chi connectivity index (χ1v) is 5.93. The van der Waals surface area contributed by atoms with Gasteiger partial charge in [0.25, 0.3) is 0 Å². The molecule has 0 aliphatic heterocycles. The van der Waals surface area contributed by atoms with E-state index in [-0.39, 0.29) is 6.42 Å². The molecule has 2 N–H and O–H groups in total. The van der Waals surface area contributed by atoms with Crippen LogP contribution in [0.4, 0.5) is 5.82 Å². The van der Waals surface area contributed by atoms with Crippen molar-refractivity contribution in [1.29, 1.82) is 0 Å². The molecule has 0 bridgehead atoms. The molecule has 0 spiro atoms. The molecule has 0 aliphatic carbocycles. The van der Waals surface area contributed by atoms with Crippen LogP contribution in [0.25, 0.3) is 10.9 Å². The Morgan fingerprint density at radius 1 is 1.28 bits per heavy atom. The van der Waals surface area contributed by atoms with E-state index in [9.17, 15) is 4.79 Å². The molecule has 1 aromatic carbocycles. The minimum atomic E-state index is -0.828. The standard InChI is InChI=1S/C11H11N3O2.C2H6/c15-10(16)5-6-12-11-8-3-1-2-4-9(8)13-7-14-11;1-2/h1-4,7H,5-6H2,(H,15,16)(H,12,13,14);1-2H3. The predicted octanol–water partition coefficient (Wildman–Crippen LogP) is 2.54. The Morgan fingerprint density at radius 3 is 2.72 bits per heavy atom. The number of carbonyl (C=O) groups is 1. The van der Waals surface area contributed by atoms with Crippen LogP contribution in [0, 0.1) is 0 Å². The highest BCUT2D eigenvalue weighted by Gasteiger charge is 2.02. The molecule has 0 fully saturated rings. The van der Waals surface area contributed by atoms with Crippen LogP contribution >= 0.6 is 0 Å². The van der Waals surface area contributed by atoms with Crippen LogP contribution < -0.4 is 5.32 Å². The fourth-order valence-electron chi connectivity index (χ4n) is 1.43. The number of hydrogen-bond donors (Lipinski definition) is 2. The lowest BCUT2D eigenvalue weighted by atomic mass is 10.2. The first-order valence-electron chi connectivity index (χ1n) is 5.93. The van der Waals surface area contributed by atoms with E-state index >= 15 is 0 Å². The summed E-state index contributed by atoms with van der Waals surface area (Å²) in [5.74, 6) is -0.155. The second kappa shape index (κ2) is 7.21. The quantitative estimate of drug-likeness (QED) is 0.868. The molecule has 0 amide bonds. The van der Waals surface area contributed by atoms with Crippen molar-refractivity contribution in [2.45, 2.75) is 20.3 Å². The summed E-state index contributed by atoms with van der Waals surface area (Å²) in [4.78, 5) is 18.6. The van der Waals surface area contributed by atoms with Crippen molar-refractivity contribution < 1.29 is 9.90 Å². The van der Waals surface area contributed by atoms with Gasteiger partial charge in [0.15, 0.2) is 0 Å². The Morgan fingerprint density at radius 2 is 2.00 bits per heavy atom. The average Bonchev–Trinajstić information content (AvgIpc) is 2.41. The molecule has 2 rings (SSSR count). The van der Waals surface area contributed by atoms with Crippen LogP contribution in [0.1, 0.15) is 20.3 Å². The van der Waals surface area contributed by atoms with E-state index in [1.807, 2.05) is 38.1 Å². The van der Waals surface area contributed by atoms with Gasteiger partial charge in [0.1, 0.15) is 12.1 Å². The number of anilines is 1. The normalized spacial score (nSPS) is 9.44. The molecule has 18 heavy (non-hydrogen) atoms. The molecule has 0 saturated carbocycles. The van der Waals surface area contributed by atoms with Gasteiger partial charge in [0.2, 0.25) is 0 Å². The Bertz CT molecular complexity index is 509. The average molecular weight is 247 g/mol. The molecular formula is C13H17N3O2. The number of para-hydroxylation sites is 1. The molecule has 1 aromatic heterocycles. The van der Waals surface area contributed by atoms with Gasteiger partial charge >= 0.3 is 5.97 Å². The van der Waals surface area contributed by atoms with Crippen LogP contribution in [-0.4, -0.2) is 27.6 Å². The van der Waals surface area contributed by atoms with Crippen molar-refractivity contribution in [3.63, 3.8) is 0 Å². The van der Waals surface area contributed by atoms with Gasteiger partial charge in [-0.2, -0.15) is 0 Å². The van der Waals surface area contributed by atoms with Crippen LogP contribution in [0.3, 0.4) is 0 Å². The lowest BCUT2D eigenvalue weighted by molar-refractivity contribution is -0.136. The van der Waals surface area contributed by atoms with Crippen LogP contribution in [0.5, 0.6) is 0 Å². The molecule has 0 atom stereocenters. The molecule has 1 heterocycles. The van der Waals surface area contributed by atoms with E-state index in [1.165, 1.54) is 6.33 Å². The van der Waals surface area contributed by atoms with Crippen LogP contribution in [-0.2, 0) is 4.79 Å². The second-order valence-electron chi connectivity index (χ2n) is 3.31. The van der Waals surface area contributed by atoms with Gasteiger partial charge in [-0.15, -0.1) is 0 Å². The predicted molar refractivity (Wildman–Crippen MR) is 71.6 cm³/mol. The van der Waals surface area contributed by atoms with Gasteiger partial charge < -0.3 is 10.4 Å². The summed E-state index contributed by atoms with van der Waals surface area (Å²) in [6, 6.07) is 7.59. The van der Waals surface area contributed by atoms with Gasteiger partial charge in [0, 0.05) is 11.9 Å². The number of benzene rings is 1. The van der Waals surface area contributed by atoms with Crippen molar-refractivity contribution in [2.75, 3.05) is 11.9 Å². The maximum absolute atomic E-state index is 10.4. The van der Waals surface area contributed by atoms with Gasteiger partial charge in [-0.05, 0) is 12.1 Å². The summed E-state index contributed by atoms with van der Waals surface area (Å²) in [5, 5.41) is 12.4. The number of aromatic nitrogens is 2. The monoisotopic (exact) mass is 247 g/mol. The van der Waals surface area contributed by atoms with Crippen molar-refractivity contribution in [3.05, 3.63) is 30.6 Å². The zero-order valence-electron chi connectivity index (χ0n) is 10.6. The molecule has 5 nitrogen and oxygen atoms in total. The topological polar surface area (TPSA) is 75.1 Å². The molecule has 2 aromatic rings. The molecule has 0 unspecified atom stereocenters. The van der Waals surface area contributed by atoms with E-state index in [1.54, 1.807) is 0 Å². The van der Waals surface area contributed by atoms with Crippen molar-refractivity contribution in [1.82, 2.24) is 9.97 Å². The summed E-state index contributed by atoms with van der Waals surface area (Å²) in [5.41, 5.74) is 0.843. The number of rotatable bonds is 4. The number of carboxylic acid groups (broad SMARTS) is 1. The summed E-state index contributed by atoms with van der Waals surface area (Å²) in [6.45, 7) is 4.36. The van der Waals surface area contributed by atoms with Gasteiger partial charge in [-0.25, -0.2) is 9.97 Å². The van der Waals surface area contributed by atoms with Crippen molar-refractivity contribution in [2.24, 2.45) is 0 Å². The molecule has 0 radical (unpaired) electrons. The van der Waals surface area contributed by atoms with Crippen molar-refractivity contribution >= 4 is 22.7 Å². The summed E-state index contributed by atoms with van der Waals surface area (Å²) in [7, 11) is 0. The number of hydrogen-bond acceptors (Lipinski definition) is 4. The van der Waals surface area contributed by atoms with E-state index in [0.29, 0.717) is 12.4 Å². The Kier molecular flexibility index (Phi) is 5.57. The summed E-state index contributed by atoms with van der Waals surface area (Å²) < 4.78 is 0. The minimum Gasteiger partial charge on any atom is -0.481 e. The molecule has 96 valence electrons. The number of aliphatic carboxylic acids is 1. The fourth-order valence-corrected chi connectivity index (χ4v) is 1.43. The van der Waals surface area contributed by atoms with Gasteiger partial charge in [-0.1, -0.05) is 26.0 Å². The number of carboxylic acids is 1. The fraction of sp³-hybridized carbons (Fsp3) is 0.308. The zero-order chi connectivity index (χ0) is 13.4. The Hall–Kier alpha value is -2.17. The second-order valence-corrected chi connectivity index (χ2v) is 3.31. The van der Waals surface area contributed by atoms with Gasteiger partial charge in [0.05, 0.1) is 11.9 Å². The highest BCUT2D eigenvalue weighted by molar-refractivity contribution is 5.88.